The van der Waals surface area contributed by atoms with Gasteiger partial charge in [-0.15, -0.1) is 0 Å². The Bertz CT molecular complexity index is 1080. The number of hydrogen-bond acceptors (Lipinski definition) is 6. The van der Waals surface area contributed by atoms with Crippen LogP contribution in [-0.2, 0) is 20.6 Å². The zero-order valence-corrected chi connectivity index (χ0v) is 14.5. The summed E-state index contributed by atoms with van der Waals surface area (Å²) in [6, 6.07) is 6.05. The molecule has 2 aromatic heterocycles. The predicted octanol–water partition coefficient (Wildman–Crippen LogP) is -0.388. The van der Waals surface area contributed by atoms with Crippen molar-refractivity contribution >= 4 is 16.9 Å². The van der Waals surface area contributed by atoms with Gasteiger partial charge < -0.3 is 15.0 Å². The Labute approximate surface area is 148 Å². The molecular formula is C17H19N5O4. The summed E-state index contributed by atoms with van der Waals surface area (Å²) >= 11 is 0. The maximum Gasteiger partial charge on any atom is 0.332 e. The Kier molecular flexibility index (Phi) is 4.72. The average molecular weight is 357 g/mol. The van der Waals surface area contributed by atoms with Gasteiger partial charge in [-0.25, -0.2) is 9.78 Å². The van der Waals surface area contributed by atoms with Crippen LogP contribution in [0.1, 0.15) is 10.4 Å². The van der Waals surface area contributed by atoms with Crippen LogP contribution in [0.25, 0.3) is 11.2 Å². The Balaban J connectivity index is 1.67. The van der Waals surface area contributed by atoms with E-state index < -0.39 is 11.2 Å². The van der Waals surface area contributed by atoms with Crippen LogP contribution >= 0.6 is 0 Å². The lowest BCUT2D eigenvalue weighted by atomic mass is 10.1. The molecule has 0 aliphatic heterocycles. The van der Waals surface area contributed by atoms with E-state index in [1.54, 1.807) is 23.7 Å². The molecule has 0 amide bonds. The summed E-state index contributed by atoms with van der Waals surface area (Å²) in [6.07, 6.45) is 1.51. The van der Waals surface area contributed by atoms with Gasteiger partial charge in [0.15, 0.2) is 16.9 Å². The summed E-state index contributed by atoms with van der Waals surface area (Å²) in [5.41, 5.74) is 0.359. The molecule has 9 nitrogen and oxygen atoms in total. The Morgan fingerprint density at radius 2 is 1.85 bits per heavy atom. The molecule has 0 saturated carbocycles. The number of Topliss-reactive ketones (excluding diaryl/α,β-unsaturated/α-hetero) is 1. The van der Waals surface area contributed by atoms with Crippen molar-refractivity contribution in [2.45, 2.75) is 6.54 Å². The van der Waals surface area contributed by atoms with Gasteiger partial charge in [0, 0.05) is 32.7 Å². The zero-order chi connectivity index (χ0) is 18.8. The number of phenols is 1. The minimum absolute atomic E-state index is 0.0983. The number of benzene rings is 1. The van der Waals surface area contributed by atoms with Crippen LogP contribution in [0, 0.1) is 0 Å². The third kappa shape index (κ3) is 3.16. The number of aromatic hydroxyl groups is 1. The average Bonchev–Trinajstić information content (AvgIpc) is 3.06. The highest BCUT2D eigenvalue weighted by atomic mass is 16.3. The second-order valence-corrected chi connectivity index (χ2v) is 5.96. The third-order valence-electron chi connectivity index (χ3n) is 4.22. The number of phenolic OH excluding ortho intramolecular Hbond substituents is 1. The minimum Gasteiger partial charge on any atom is -0.508 e. The molecule has 0 spiro atoms. The smallest absolute Gasteiger partial charge is 0.332 e. The summed E-state index contributed by atoms with van der Waals surface area (Å²) in [5.74, 6) is 0.0104. The topological polar surface area (TPSA) is 111 Å². The number of hydrogen-bond donors (Lipinski definition) is 2. The van der Waals surface area contributed by atoms with Crippen molar-refractivity contribution in [1.29, 1.82) is 0 Å². The highest BCUT2D eigenvalue weighted by Crippen LogP contribution is 2.09. The Morgan fingerprint density at radius 3 is 2.54 bits per heavy atom. The van der Waals surface area contributed by atoms with Crippen molar-refractivity contribution in [2.75, 3.05) is 13.1 Å². The summed E-state index contributed by atoms with van der Waals surface area (Å²) in [6.45, 7) is 1.00. The standard InChI is InChI=1S/C17H19N5O4/c1-20-15-14(16(25)21(2)17(20)26)22(10-19-15)8-7-18-9-13(24)11-3-5-12(23)6-4-11/h3-6,10,18,23H,7-9H2,1-2H3. The lowest BCUT2D eigenvalue weighted by molar-refractivity contribution is 0.0991. The van der Waals surface area contributed by atoms with Gasteiger partial charge in [-0.2, -0.15) is 0 Å². The molecule has 0 radical (unpaired) electrons. The first-order valence-corrected chi connectivity index (χ1v) is 8.04. The quantitative estimate of drug-likeness (QED) is 0.459. The largest absolute Gasteiger partial charge is 0.508 e. The van der Waals surface area contributed by atoms with E-state index in [0.717, 1.165) is 4.57 Å². The number of aromatic nitrogens is 4. The first kappa shape index (κ1) is 17.6. The molecule has 2 N–H and O–H groups in total. The van der Waals surface area contributed by atoms with Gasteiger partial charge in [0.2, 0.25) is 0 Å². The van der Waals surface area contributed by atoms with Gasteiger partial charge in [0.25, 0.3) is 5.56 Å². The first-order chi connectivity index (χ1) is 12.4. The molecule has 0 atom stereocenters. The van der Waals surface area contributed by atoms with Crippen LogP contribution in [-0.4, -0.2) is 42.7 Å². The molecule has 9 heteroatoms. The lowest BCUT2D eigenvalue weighted by Crippen LogP contribution is -2.37. The van der Waals surface area contributed by atoms with Gasteiger partial charge >= 0.3 is 5.69 Å². The van der Waals surface area contributed by atoms with Gasteiger partial charge in [-0.05, 0) is 24.3 Å². The first-order valence-electron chi connectivity index (χ1n) is 8.04. The lowest BCUT2D eigenvalue weighted by Gasteiger charge is -2.08. The SMILES string of the molecule is Cn1c(=O)c2c(ncn2CCNCC(=O)c2ccc(O)cc2)n(C)c1=O. The Morgan fingerprint density at radius 1 is 1.15 bits per heavy atom. The number of carbonyl (C=O) groups excluding carboxylic acids is 1. The highest BCUT2D eigenvalue weighted by Gasteiger charge is 2.14. The van der Waals surface area contributed by atoms with Crippen molar-refractivity contribution in [3.05, 3.63) is 57.0 Å². The number of imidazole rings is 1. The molecule has 26 heavy (non-hydrogen) atoms. The molecule has 2 heterocycles. The number of ketones is 1. The van der Waals surface area contributed by atoms with E-state index in [1.165, 1.54) is 30.1 Å². The molecule has 3 aromatic rings. The van der Waals surface area contributed by atoms with Gasteiger partial charge in [0.1, 0.15) is 5.75 Å². The molecule has 0 saturated heterocycles. The van der Waals surface area contributed by atoms with Gasteiger partial charge in [-0.1, -0.05) is 0 Å². The van der Waals surface area contributed by atoms with Crippen LogP contribution in [0.5, 0.6) is 5.75 Å². The molecule has 0 aliphatic carbocycles. The fraction of sp³-hybridized carbons (Fsp3) is 0.294. The fourth-order valence-electron chi connectivity index (χ4n) is 2.72. The maximum atomic E-state index is 12.3. The van der Waals surface area contributed by atoms with Crippen molar-refractivity contribution in [3.8, 4) is 5.75 Å². The van der Waals surface area contributed by atoms with E-state index in [0.29, 0.717) is 29.8 Å². The molecule has 3 rings (SSSR count). The number of fused-ring (bicyclic) bond motifs is 1. The molecule has 0 fully saturated rings. The predicted molar refractivity (Wildman–Crippen MR) is 95.5 cm³/mol. The number of rotatable bonds is 6. The minimum atomic E-state index is -0.426. The summed E-state index contributed by atoms with van der Waals surface area (Å²) in [4.78, 5) is 40.4. The molecule has 0 bridgehead atoms. The molecule has 136 valence electrons. The van der Waals surface area contributed by atoms with Gasteiger partial charge in [0.05, 0.1) is 12.9 Å². The second kappa shape index (κ2) is 6.96. The fourth-order valence-corrected chi connectivity index (χ4v) is 2.72. The van der Waals surface area contributed by atoms with Crippen molar-refractivity contribution in [1.82, 2.24) is 24.0 Å². The number of nitrogens with zero attached hydrogens (tertiary/aromatic N) is 4. The van der Waals surface area contributed by atoms with Crippen molar-refractivity contribution < 1.29 is 9.90 Å². The van der Waals surface area contributed by atoms with Crippen LogP contribution in [0.4, 0.5) is 0 Å². The van der Waals surface area contributed by atoms with E-state index in [1.807, 2.05) is 0 Å². The normalized spacial score (nSPS) is 11.2. The monoisotopic (exact) mass is 357 g/mol. The molecule has 0 aliphatic rings. The highest BCUT2D eigenvalue weighted by molar-refractivity contribution is 5.97. The van der Waals surface area contributed by atoms with Crippen LogP contribution in [0.2, 0.25) is 0 Å². The third-order valence-corrected chi connectivity index (χ3v) is 4.22. The molecule has 1 aromatic carbocycles. The maximum absolute atomic E-state index is 12.3. The molecule has 0 unspecified atom stereocenters. The van der Waals surface area contributed by atoms with E-state index in [2.05, 4.69) is 10.3 Å². The summed E-state index contributed by atoms with van der Waals surface area (Å²) < 4.78 is 4.03. The summed E-state index contributed by atoms with van der Waals surface area (Å²) in [7, 11) is 2.99. The number of aryl methyl sites for hydroxylation is 1. The van der Waals surface area contributed by atoms with Crippen LogP contribution in [0.15, 0.2) is 40.2 Å². The number of carbonyl (C=O) groups is 1. The van der Waals surface area contributed by atoms with Crippen LogP contribution < -0.4 is 16.6 Å². The molecular weight excluding hydrogens is 338 g/mol. The number of nitrogens with one attached hydrogen (secondary N) is 1. The van der Waals surface area contributed by atoms with Crippen molar-refractivity contribution in [3.63, 3.8) is 0 Å². The zero-order valence-electron chi connectivity index (χ0n) is 14.5. The summed E-state index contributed by atoms with van der Waals surface area (Å²) in [5, 5.41) is 12.3. The van der Waals surface area contributed by atoms with Crippen LogP contribution in [0.3, 0.4) is 0 Å². The second-order valence-electron chi connectivity index (χ2n) is 5.96. The Hall–Kier alpha value is -3.20. The van der Waals surface area contributed by atoms with Crippen molar-refractivity contribution in [2.24, 2.45) is 14.1 Å². The van der Waals surface area contributed by atoms with E-state index in [9.17, 15) is 19.5 Å². The van der Waals surface area contributed by atoms with E-state index in [-0.39, 0.29) is 18.1 Å². The van der Waals surface area contributed by atoms with Gasteiger partial charge in [-0.3, -0.25) is 18.7 Å². The van der Waals surface area contributed by atoms with E-state index in [4.69, 9.17) is 0 Å². The van der Waals surface area contributed by atoms with E-state index >= 15 is 0 Å².